The van der Waals surface area contributed by atoms with Gasteiger partial charge in [-0.15, -0.1) is 11.3 Å². The summed E-state index contributed by atoms with van der Waals surface area (Å²) >= 11 is 1.21. The number of hydrogen-bond acceptors (Lipinski definition) is 4. The number of ether oxygens (including phenoxy) is 1. The maximum Gasteiger partial charge on any atom is 0.265 e. The number of carbonyl (C=O) groups is 1. The lowest BCUT2D eigenvalue weighted by Gasteiger charge is -2.05. The molecule has 9 heteroatoms. The topological polar surface area (TPSA) is 56.2 Å². The molecule has 0 aliphatic carbocycles. The maximum absolute atomic E-state index is 13.8. The van der Waals surface area contributed by atoms with Crippen LogP contribution < -0.4 is 10.1 Å². The van der Waals surface area contributed by atoms with Crippen LogP contribution in [0.4, 0.5) is 18.9 Å². The number of hydrogen-bond donors (Lipinski definition) is 1. The highest BCUT2D eigenvalue weighted by molar-refractivity contribution is 7.12. The SMILES string of the molecule is O=C(Nc1cnn(Cc2ccccc2F)c1)c1cc(COc2ccc(F)cc2F)cs1. The van der Waals surface area contributed by atoms with E-state index in [-0.39, 0.29) is 30.6 Å². The van der Waals surface area contributed by atoms with Crippen molar-refractivity contribution in [2.75, 3.05) is 5.32 Å². The predicted octanol–water partition coefficient (Wildman–Crippen LogP) is 5.24. The number of amides is 1. The molecule has 1 N–H and O–H groups in total. The van der Waals surface area contributed by atoms with Crippen LogP contribution in [0.15, 0.2) is 66.3 Å². The summed E-state index contributed by atoms with van der Waals surface area (Å²) in [7, 11) is 0. The molecule has 0 atom stereocenters. The number of benzene rings is 2. The second-order valence-electron chi connectivity index (χ2n) is 6.65. The first-order valence-corrected chi connectivity index (χ1v) is 10.1. The number of carbonyl (C=O) groups excluding carboxylic acids is 1. The van der Waals surface area contributed by atoms with E-state index in [0.29, 0.717) is 21.7 Å². The van der Waals surface area contributed by atoms with Crippen molar-refractivity contribution >= 4 is 22.9 Å². The third-order valence-corrected chi connectivity index (χ3v) is 5.32. The van der Waals surface area contributed by atoms with E-state index in [1.807, 2.05) is 0 Å². The van der Waals surface area contributed by atoms with Gasteiger partial charge in [-0.3, -0.25) is 9.48 Å². The Morgan fingerprint density at radius 2 is 1.94 bits per heavy atom. The van der Waals surface area contributed by atoms with Crippen molar-refractivity contribution in [1.82, 2.24) is 9.78 Å². The molecule has 2 aromatic heterocycles. The van der Waals surface area contributed by atoms with Gasteiger partial charge in [0.15, 0.2) is 11.6 Å². The first-order valence-electron chi connectivity index (χ1n) is 9.20. The van der Waals surface area contributed by atoms with E-state index >= 15 is 0 Å². The van der Waals surface area contributed by atoms with Gasteiger partial charge in [-0.2, -0.15) is 5.10 Å². The van der Waals surface area contributed by atoms with Crippen LogP contribution in [-0.2, 0) is 13.2 Å². The Kier molecular flexibility index (Phi) is 6.03. The Hall–Kier alpha value is -3.59. The molecular weight excluding hydrogens is 427 g/mol. The predicted molar refractivity (Wildman–Crippen MR) is 111 cm³/mol. The average molecular weight is 443 g/mol. The molecule has 0 aliphatic heterocycles. The molecule has 0 fully saturated rings. The summed E-state index contributed by atoms with van der Waals surface area (Å²) in [6.45, 7) is 0.274. The van der Waals surface area contributed by atoms with Crippen molar-refractivity contribution < 1.29 is 22.7 Å². The molecule has 4 rings (SSSR count). The molecule has 1 amide bonds. The minimum absolute atomic E-state index is 0.0346. The molecule has 0 bridgehead atoms. The molecule has 5 nitrogen and oxygen atoms in total. The quantitative estimate of drug-likeness (QED) is 0.425. The highest BCUT2D eigenvalue weighted by atomic mass is 32.1. The van der Waals surface area contributed by atoms with E-state index in [4.69, 9.17) is 4.74 Å². The molecule has 0 radical (unpaired) electrons. The third-order valence-electron chi connectivity index (χ3n) is 4.35. The fourth-order valence-corrected chi connectivity index (χ4v) is 3.62. The molecule has 158 valence electrons. The average Bonchev–Trinajstić information content (AvgIpc) is 3.39. The second-order valence-corrected chi connectivity index (χ2v) is 7.57. The molecule has 0 spiro atoms. The molecular formula is C22H16F3N3O2S. The minimum Gasteiger partial charge on any atom is -0.486 e. The Morgan fingerprint density at radius 3 is 2.74 bits per heavy atom. The molecule has 2 aromatic carbocycles. The third kappa shape index (κ3) is 5.13. The summed E-state index contributed by atoms with van der Waals surface area (Å²) in [5.41, 5.74) is 1.64. The maximum atomic E-state index is 13.8. The Morgan fingerprint density at radius 1 is 1.10 bits per heavy atom. The Labute approximate surface area is 179 Å². The smallest absolute Gasteiger partial charge is 0.265 e. The van der Waals surface area contributed by atoms with Crippen LogP contribution in [0.2, 0.25) is 0 Å². The van der Waals surface area contributed by atoms with E-state index in [9.17, 15) is 18.0 Å². The summed E-state index contributed by atoms with van der Waals surface area (Å²) in [4.78, 5) is 12.9. The molecule has 31 heavy (non-hydrogen) atoms. The van der Waals surface area contributed by atoms with Gasteiger partial charge in [0.25, 0.3) is 5.91 Å². The van der Waals surface area contributed by atoms with Crippen LogP contribution >= 0.6 is 11.3 Å². The van der Waals surface area contributed by atoms with Gasteiger partial charge in [0.2, 0.25) is 0 Å². The number of rotatable bonds is 7. The molecule has 0 unspecified atom stereocenters. The van der Waals surface area contributed by atoms with Crippen molar-refractivity contribution in [3.05, 3.63) is 99.8 Å². The number of thiophene rings is 1. The number of nitrogens with zero attached hydrogens (tertiary/aromatic N) is 2. The zero-order valence-corrected chi connectivity index (χ0v) is 16.8. The number of anilines is 1. The van der Waals surface area contributed by atoms with Crippen LogP contribution in [0.5, 0.6) is 5.75 Å². The molecule has 0 aliphatic rings. The Balaban J connectivity index is 1.35. The number of halogens is 3. The fraction of sp³-hybridized carbons (Fsp3) is 0.0909. The first-order chi connectivity index (χ1) is 15.0. The lowest BCUT2D eigenvalue weighted by Crippen LogP contribution is -2.09. The van der Waals surface area contributed by atoms with Gasteiger partial charge < -0.3 is 10.1 Å². The fourth-order valence-electron chi connectivity index (χ4n) is 2.83. The van der Waals surface area contributed by atoms with Crippen LogP contribution in [0.3, 0.4) is 0 Å². The van der Waals surface area contributed by atoms with E-state index in [2.05, 4.69) is 10.4 Å². The van der Waals surface area contributed by atoms with Crippen molar-refractivity contribution in [2.45, 2.75) is 13.2 Å². The van der Waals surface area contributed by atoms with E-state index in [1.54, 1.807) is 35.8 Å². The molecule has 2 heterocycles. The van der Waals surface area contributed by atoms with Gasteiger partial charge in [0, 0.05) is 23.4 Å². The first kappa shape index (κ1) is 20.7. The van der Waals surface area contributed by atoms with E-state index < -0.39 is 11.6 Å². The lowest BCUT2D eigenvalue weighted by atomic mass is 10.2. The highest BCUT2D eigenvalue weighted by Gasteiger charge is 2.12. The van der Waals surface area contributed by atoms with Crippen molar-refractivity contribution in [1.29, 1.82) is 0 Å². The van der Waals surface area contributed by atoms with Gasteiger partial charge in [-0.1, -0.05) is 18.2 Å². The summed E-state index contributed by atoms with van der Waals surface area (Å²) in [6.07, 6.45) is 3.09. The zero-order chi connectivity index (χ0) is 21.8. The van der Waals surface area contributed by atoms with Gasteiger partial charge in [0.1, 0.15) is 18.2 Å². The molecule has 0 saturated carbocycles. The van der Waals surface area contributed by atoms with Crippen molar-refractivity contribution in [2.24, 2.45) is 0 Å². The number of nitrogens with one attached hydrogen (secondary N) is 1. The van der Waals surface area contributed by atoms with Crippen LogP contribution in [0.25, 0.3) is 0 Å². The lowest BCUT2D eigenvalue weighted by molar-refractivity contribution is 0.103. The largest absolute Gasteiger partial charge is 0.486 e. The van der Waals surface area contributed by atoms with Crippen molar-refractivity contribution in [3.8, 4) is 5.75 Å². The van der Waals surface area contributed by atoms with Crippen molar-refractivity contribution in [3.63, 3.8) is 0 Å². The molecule has 4 aromatic rings. The second kappa shape index (κ2) is 9.05. The van der Waals surface area contributed by atoms with Crippen LogP contribution in [0.1, 0.15) is 20.8 Å². The zero-order valence-electron chi connectivity index (χ0n) is 16.0. The van der Waals surface area contributed by atoms with Gasteiger partial charge >= 0.3 is 0 Å². The van der Waals surface area contributed by atoms with Crippen LogP contribution in [-0.4, -0.2) is 15.7 Å². The van der Waals surface area contributed by atoms with Crippen LogP contribution in [0, 0.1) is 17.5 Å². The Bertz CT molecular complexity index is 1220. The summed E-state index contributed by atoms with van der Waals surface area (Å²) in [5, 5.41) is 8.59. The summed E-state index contributed by atoms with van der Waals surface area (Å²) in [6, 6.07) is 11.1. The van der Waals surface area contributed by atoms with Gasteiger partial charge in [-0.05, 0) is 29.6 Å². The number of aromatic nitrogens is 2. The standard InChI is InChI=1S/C22H16F3N3O2S/c23-16-5-6-20(19(25)8-16)30-12-14-7-21(31-13-14)22(29)27-17-9-26-28(11-17)10-15-3-1-2-4-18(15)24/h1-9,11,13H,10,12H2,(H,27,29). The van der Waals surface area contributed by atoms with Gasteiger partial charge in [0.05, 0.1) is 23.3 Å². The normalized spacial score (nSPS) is 10.8. The van der Waals surface area contributed by atoms with E-state index in [1.165, 1.54) is 34.3 Å². The monoisotopic (exact) mass is 443 g/mol. The van der Waals surface area contributed by atoms with Gasteiger partial charge in [-0.25, -0.2) is 13.2 Å². The minimum atomic E-state index is -0.791. The summed E-state index contributed by atoms with van der Waals surface area (Å²) in [5.74, 6) is -2.20. The molecule has 0 saturated heterocycles. The summed E-state index contributed by atoms with van der Waals surface area (Å²) < 4.78 is 47.2. The highest BCUT2D eigenvalue weighted by Crippen LogP contribution is 2.22. The van der Waals surface area contributed by atoms with E-state index in [0.717, 1.165) is 12.1 Å².